The van der Waals surface area contributed by atoms with Crippen molar-refractivity contribution in [2.45, 2.75) is 19.0 Å². The van der Waals surface area contributed by atoms with E-state index in [4.69, 9.17) is 4.74 Å². The van der Waals surface area contributed by atoms with E-state index < -0.39 is 0 Å². The van der Waals surface area contributed by atoms with Crippen LogP contribution < -0.4 is 20.3 Å². The second-order valence-electron chi connectivity index (χ2n) is 6.16. The maximum atomic E-state index is 5.32. The highest BCUT2D eigenvalue weighted by Crippen LogP contribution is 2.24. The number of guanidine groups is 1. The zero-order valence-corrected chi connectivity index (χ0v) is 15.1. The average molecular weight is 342 g/mol. The largest absolute Gasteiger partial charge is 0.497 e. The fourth-order valence-electron chi connectivity index (χ4n) is 3.04. The van der Waals surface area contributed by atoms with Gasteiger partial charge >= 0.3 is 0 Å². The third kappa shape index (κ3) is 4.23. The Hall–Kier alpha value is -2.70. The summed E-state index contributed by atoms with van der Waals surface area (Å²) in [6.45, 7) is 2.60. The quantitative estimate of drug-likeness (QED) is 0.635. The first-order valence-electron chi connectivity index (χ1n) is 8.52. The zero-order chi connectivity index (χ0) is 17.6. The molecule has 1 aromatic carbocycles. The summed E-state index contributed by atoms with van der Waals surface area (Å²) in [7, 11) is 5.48. The molecule has 25 heavy (non-hydrogen) atoms. The molecular weight excluding hydrogens is 316 g/mol. The molecule has 1 atom stereocenters. The molecule has 0 bridgehead atoms. The third-order valence-corrected chi connectivity index (χ3v) is 4.51. The van der Waals surface area contributed by atoms with Crippen LogP contribution >= 0.6 is 0 Å². The fraction of sp³-hybridized carbons (Fsp3) is 0.444. The first-order chi connectivity index (χ1) is 12.2. The Labute approximate surface area is 148 Å². The number of benzene rings is 1. The van der Waals surface area contributed by atoms with Crippen LogP contribution in [0.15, 0.2) is 41.7 Å². The minimum absolute atomic E-state index is 0.360. The second-order valence-corrected chi connectivity index (χ2v) is 6.16. The molecule has 0 saturated carbocycles. The molecule has 2 aromatic rings. The van der Waals surface area contributed by atoms with Crippen molar-refractivity contribution in [1.82, 2.24) is 20.2 Å². The number of aryl methyl sites for hydroxylation is 1. The molecule has 0 radical (unpaired) electrons. The minimum atomic E-state index is 0.360. The standard InChI is InChI=1S/C18H26N6O/c1-19-18(21-12-17-20-8-10-23(17)2)22-14-7-9-24(13-14)15-5-4-6-16(11-15)25-3/h4-6,8,10-11,14H,7,9,12-13H2,1-3H3,(H2,19,21,22). The Morgan fingerprint density at radius 3 is 3.04 bits per heavy atom. The molecule has 1 aliphatic heterocycles. The second kappa shape index (κ2) is 7.92. The highest BCUT2D eigenvalue weighted by atomic mass is 16.5. The minimum Gasteiger partial charge on any atom is -0.497 e. The van der Waals surface area contributed by atoms with Crippen LogP contribution in [-0.2, 0) is 13.6 Å². The van der Waals surface area contributed by atoms with Gasteiger partial charge in [-0.15, -0.1) is 0 Å². The highest BCUT2D eigenvalue weighted by molar-refractivity contribution is 5.80. The number of nitrogens with one attached hydrogen (secondary N) is 2. The maximum Gasteiger partial charge on any atom is 0.191 e. The van der Waals surface area contributed by atoms with Crippen molar-refractivity contribution in [3.63, 3.8) is 0 Å². The summed E-state index contributed by atoms with van der Waals surface area (Å²) in [6, 6.07) is 8.56. The molecule has 2 heterocycles. The van der Waals surface area contributed by atoms with E-state index in [9.17, 15) is 0 Å². The van der Waals surface area contributed by atoms with Crippen LogP contribution in [0.2, 0.25) is 0 Å². The van der Waals surface area contributed by atoms with E-state index in [1.165, 1.54) is 5.69 Å². The lowest BCUT2D eigenvalue weighted by molar-refractivity contribution is 0.415. The summed E-state index contributed by atoms with van der Waals surface area (Å²) in [5.74, 6) is 2.68. The summed E-state index contributed by atoms with van der Waals surface area (Å²) in [6.07, 6.45) is 4.81. The van der Waals surface area contributed by atoms with Crippen LogP contribution in [0, 0.1) is 0 Å². The number of ether oxygens (including phenoxy) is 1. The third-order valence-electron chi connectivity index (χ3n) is 4.51. The summed E-state index contributed by atoms with van der Waals surface area (Å²) in [4.78, 5) is 11.0. The molecular formula is C18H26N6O. The highest BCUT2D eigenvalue weighted by Gasteiger charge is 2.23. The Bertz CT molecular complexity index is 726. The molecule has 0 amide bonds. The Morgan fingerprint density at radius 2 is 2.32 bits per heavy atom. The number of rotatable bonds is 5. The van der Waals surface area contributed by atoms with Gasteiger partial charge in [-0.25, -0.2) is 4.98 Å². The Balaban J connectivity index is 1.53. The molecule has 1 saturated heterocycles. The molecule has 1 aromatic heterocycles. The van der Waals surface area contributed by atoms with Crippen LogP contribution in [0.1, 0.15) is 12.2 Å². The lowest BCUT2D eigenvalue weighted by Gasteiger charge is -2.21. The van der Waals surface area contributed by atoms with Gasteiger partial charge in [-0.2, -0.15) is 0 Å². The molecule has 7 nitrogen and oxygen atoms in total. The topological polar surface area (TPSA) is 66.7 Å². The molecule has 0 spiro atoms. The predicted molar refractivity (Wildman–Crippen MR) is 100 cm³/mol. The molecule has 2 N–H and O–H groups in total. The lowest BCUT2D eigenvalue weighted by Crippen LogP contribution is -2.44. The van der Waals surface area contributed by atoms with Crippen LogP contribution in [0.25, 0.3) is 0 Å². The van der Waals surface area contributed by atoms with Gasteiger partial charge in [0.15, 0.2) is 5.96 Å². The van der Waals surface area contributed by atoms with Crippen molar-refractivity contribution in [2.24, 2.45) is 12.0 Å². The number of methoxy groups -OCH3 is 1. The van der Waals surface area contributed by atoms with E-state index in [0.29, 0.717) is 12.6 Å². The summed E-state index contributed by atoms with van der Waals surface area (Å²) >= 11 is 0. The maximum absolute atomic E-state index is 5.32. The Morgan fingerprint density at radius 1 is 1.44 bits per heavy atom. The number of nitrogens with zero attached hydrogens (tertiary/aromatic N) is 4. The zero-order valence-electron chi connectivity index (χ0n) is 15.1. The predicted octanol–water partition coefficient (Wildman–Crippen LogP) is 1.37. The lowest BCUT2D eigenvalue weighted by atomic mass is 10.2. The van der Waals surface area contributed by atoms with Gasteiger partial charge in [-0.05, 0) is 18.6 Å². The number of hydrogen-bond donors (Lipinski definition) is 2. The van der Waals surface area contributed by atoms with Gasteiger partial charge in [-0.3, -0.25) is 4.99 Å². The van der Waals surface area contributed by atoms with Crippen LogP contribution in [0.5, 0.6) is 5.75 Å². The van der Waals surface area contributed by atoms with E-state index in [1.54, 1.807) is 20.4 Å². The van der Waals surface area contributed by atoms with Crippen molar-refractivity contribution in [3.8, 4) is 5.75 Å². The smallest absolute Gasteiger partial charge is 0.191 e. The van der Waals surface area contributed by atoms with Crippen molar-refractivity contribution in [2.75, 3.05) is 32.1 Å². The molecule has 1 unspecified atom stereocenters. The van der Waals surface area contributed by atoms with Crippen LogP contribution in [0.4, 0.5) is 5.69 Å². The van der Waals surface area contributed by atoms with Gasteiger partial charge in [-0.1, -0.05) is 6.07 Å². The molecule has 1 fully saturated rings. The van der Waals surface area contributed by atoms with Crippen LogP contribution in [0.3, 0.4) is 0 Å². The van der Waals surface area contributed by atoms with E-state index >= 15 is 0 Å². The van der Waals surface area contributed by atoms with Crippen molar-refractivity contribution < 1.29 is 4.74 Å². The monoisotopic (exact) mass is 342 g/mol. The number of imidazole rings is 1. The van der Waals surface area contributed by atoms with Crippen molar-refractivity contribution in [3.05, 3.63) is 42.5 Å². The average Bonchev–Trinajstić information content (AvgIpc) is 3.27. The molecule has 1 aliphatic rings. The normalized spacial score (nSPS) is 17.6. The van der Waals surface area contributed by atoms with Gasteiger partial charge in [0.25, 0.3) is 0 Å². The number of hydrogen-bond acceptors (Lipinski definition) is 4. The summed E-state index contributed by atoms with van der Waals surface area (Å²) < 4.78 is 7.32. The molecule has 7 heteroatoms. The fourth-order valence-corrected chi connectivity index (χ4v) is 3.04. The van der Waals surface area contributed by atoms with Gasteiger partial charge < -0.3 is 24.8 Å². The molecule has 0 aliphatic carbocycles. The number of aliphatic imine (C=N–C) groups is 1. The van der Waals surface area contributed by atoms with Gasteiger partial charge in [0.1, 0.15) is 11.6 Å². The van der Waals surface area contributed by atoms with Crippen molar-refractivity contribution >= 4 is 11.6 Å². The Kier molecular flexibility index (Phi) is 5.42. The van der Waals surface area contributed by atoms with Crippen LogP contribution in [-0.4, -0.2) is 48.8 Å². The van der Waals surface area contributed by atoms with Gasteiger partial charge in [0.05, 0.1) is 13.7 Å². The molecule has 134 valence electrons. The SMILES string of the molecule is CN=C(NCc1nccn1C)NC1CCN(c2cccc(OC)c2)C1. The van der Waals surface area contributed by atoms with Gasteiger partial charge in [0.2, 0.25) is 0 Å². The number of anilines is 1. The first-order valence-corrected chi connectivity index (χ1v) is 8.52. The van der Waals surface area contributed by atoms with E-state index in [-0.39, 0.29) is 0 Å². The molecule has 3 rings (SSSR count). The summed E-state index contributed by atoms with van der Waals surface area (Å²) in [5.41, 5.74) is 1.19. The number of aromatic nitrogens is 2. The van der Waals surface area contributed by atoms with E-state index in [1.807, 2.05) is 29.9 Å². The summed E-state index contributed by atoms with van der Waals surface area (Å²) in [5, 5.41) is 6.83. The van der Waals surface area contributed by atoms with Gasteiger partial charge in [0, 0.05) is 57.4 Å². The van der Waals surface area contributed by atoms with Crippen molar-refractivity contribution in [1.29, 1.82) is 0 Å². The van der Waals surface area contributed by atoms with E-state index in [2.05, 4.69) is 37.6 Å². The van der Waals surface area contributed by atoms with E-state index in [0.717, 1.165) is 37.0 Å². The first kappa shape index (κ1) is 17.1.